The predicted molar refractivity (Wildman–Crippen MR) is 77.1 cm³/mol. The van der Waals surface area contributed by atoms with E-state index in [0.29, 0.717) is 0 Å². The minimum absolute atomic E-state index is 0.121. The van der Waals surface area contributed by atoms with Gasteiger partial charge in [-0.25, -0.2) is 0 Å². The Morgan fingerprint density at radius 1 is 1.52 bits per heavy atom. The average Bonchev–Trinajstić information content (AvgIpc) is 2.36. The number of rotatable bonds is 6. The van der Waals surface area contributed by atoms with Gasteiger partial charge < -0.3 is 15.2 Å². The first-order valence-electron chi connectivity index (χ1n) is 6.46. The molecule has 1 aromatic carbocycles. The number of aryl methyl sites for hydroxylation is 1. The molecule has 7 heteroatoms. The maximum absolute atomic E-state index is 11.5. The maximum Gasteiger partial charge on any atom is 0.325 e. The quantitative estimate of drug-likeness (QED) is 0.488. The van der Waals surface area contributed by atoms with Crippen LogP contribution in [-0.4, -0.2) is 29.6 Å². The van der Waals surface area contributed by atoms with Crippen molar-refractivity contribution >= 4 is 11.7 Å². The molecule has 1 aromatic rings. The molecule has 116 valence electrons. The molecule has 21 heavy (non-hydrogen) atoms. The zero-order valence-corrected chi connectivity index (χ0v) is 12.6. The first-order chi connectivity index (χ1) is 9.67. The molecule has 0 aromatic heterocycles. The molecule has 7 nitrogen and oxygen atoms in total. The third-order valence-corrected chi connectivity index (χ3v) is 3.00. The summed E-state index contributed by atoms with van der Waals surface area (Å²) >= 11 is 0. The Morgan fingerprint density at radius 3 is 2.67 bits per heavy atom. The number of methoxy groups -OCH3 is 1. The van der Waals surface area contributed by atoms with E-state index in [1.165, 1.54) is 20.1 Å². The number of nitro benzene ring substituents is 1. The van der Waals surface area contributed by atoms with Crippen LogP contribution in [0, 0.1) is 17.0 Å². The van der Waals surface area contributed by atoms with Crippen molar-refractivity contribution in [3.8, 4) is 5.75 Å². The molecule has 0 spiro atoms. The van der Waals surface area contributed by atoms with Crippen molar-refractivity contribution in [2.24, 2.45) is 5.73 Å². The molecule has 0 saturated heterocycles. The van der Waals surface area contributed by atoms with E-state index in [0.717, 1.165) is 5.56 Å². The van der Waals surface area contributed by atoms with Crippen LogP contribution in [0.5, 0.6) is 5.75 Å². The first kappa shape index (κ1) is 16.9. The third-order valence-electron chi connectivity index (χ3n) is 3.00. The second-order valence-corrected chi connectivity index (χ2v) is 5.27. The van der Waals surface area contributed by atoms with Gasteiger partial charge in [-0.3, -0.25) is 14.9 Å². The topological polar surface area (TPSA) is 105 Å². The lowest BCUT2D eigenvalue weighted by atomic mass is 9.96. The molecule has 2 atom stereocenters. The normalized spacial score (nSPS) is 14.9. The number of nitrogens with zero attached hydrogens (tertiary/aromatic N) is 1. The second-order valence-electron chi connectivity index (χ2n) is 5.27. The van der Waals surface area contributed by atoms with Crippen LogP contribution < -0.4 is 10.5 Å². The highest BCUT2D eigenvalue weighted by Gasteiger charge is 2.32. The van der Waals surface area contributed by atoms with E-state index in [2.05, 4.69) is 4.74 Å². The lowest BCUT2D eigenvalue weighted by Crippen LogP contribution is -2.48. The van der Waals surface area contributed by atoms with Gasteiger partial charge >= 0.3 is 11.7 Å². The van der Waals surface area contributed by atoms with Gasteiger partial charge in [0.1, 0.15) is 5.54 Å². The molecular weight excluding hydrogens is 276 g/mol. The largest absolute Gasteiger partial charge is 0.484 e. The number of carbonyl (C=O) groups is 1. The van der Waals surface area contributed by atoms with E-state index in [1.54, 1.807) is 19.1 Å². The van der Waals surface area contributed by atoms with Gasteiger partial charge in [-0.05, 0) is 32.4 Å². The summed E-state index contributed by atoms with van der Waals surface area (Å²) in [6.45, 7) is 5.03. The Labute approximate surface area is 123 Å². The number of hydrogen-bond acceptors (Lipinski definition) is 6. The zero-order valence-electron chi connectivity index (χ0n) is 12.6. The van der Waals surface area contributed by atoms with Crippen molar-refractivity contribution < 1.29 is 19.2 Å². The van der Waals surface area contributed by atoms with E-state index < -0.39 is 22.5 Å². The van der Waals surface area contributed by atoms with Crippen LogP contribution >= 0.6 is 0 Å². The van der Waals surface area contributed by atoms with Gasteiger partial charge in [0.15, 0.2) is 5.75 Å². The zero-order chi connectivity index (χ0) is 16.2. The van der Waals surface area contributed by atoms with Gasteiger partial charge in [-0.2, -0.15) is 0 Å². The summed E-state index contributed by atoms with van der Waals surface area (Å²) in [7, 11) is 1.25. The van der Waals surface area contributed by atoms with Gasteiger partial charge in [0, 0.05) is 12.5 Å². The van der Waals surface area contributed by atoms with Crippen molar-refractivity contribution in [1.29, 1.82) is 0 Å². The van der Waals surface area contributed by atoms with Crippen LogP contribution in [0.1, 0.15) is 25.8 Å². The Balaban J connectivity index is 2.89. The van der Waals surface area contributed by atoms with Crippen LogP contribution in [0.3, 0.4) is 0 Å². The standard InChI is InChI=1S/C14H20N2O5/c1-9-5-6-11(16(18)19)12(7-9)21-10(2)8-14(3,15)13(17)20-4/h5-7,10H,8,15H2,1-4H3. The summed E-state index contributed by atoms with van der Waals surface area (Å²) in [5.41, 5.74) is 5.37. The van der Waals surface area contributed by atoms with Crippen molar-refractivity contribution in [3.63, 3.8) is 0 Å². The number of esters is 1. The Hall–Kier alpha value is -2.15. The van der Waals surface area contributed by atoms with Gasteiger partial charge in [0.2, 0.25) is 0 Å². The van der Waals surface area contributed by atoms with Crippen LogP contribution in [0.25, 0.3) is 0 Å². The number of hydrogen-bond donors (Lipinski definition) is 1. The number of nitrogens with two attached hydrogens (primary N) is 1. The molecule has 0 amide bonds. The molecule has 1 rings (SSSR count). The Bertz CT molecular complexity index is 542. The molecule has 0 heterocycles. The fourth-order valence-electron chi connectivity index (χ4n) is 2.04. The van der Waals surface area contributed by atoms with Crippen molar-refractivity contribution in [3.05, 3.63) is 33.9 Å². The Morgan fingerprint density at radius 2 is 2.14 bits per heavy atom. The highest BCUT2D eigenvalue weighted by molar-refractivity contribution is 5.79. The molecule has 0 aliphatic heterocycles. The van der Waals surface area contributed by atoms with Gasteiger partial charge in [-0.1, -0.05) is 6.07 Å². The highest BCUT2D eigenvalue weighted by atomic mass is 16.6. The number of benzene rings is 1. The number of nitro groups is 1. The molecule has 0 aliphatic carbocycles. The van der Waals surface area contributed by atoms with Gasteiger partial charge in [0.25, 0.3) is 0 Å². The fourth-order valence-corrected chi connectivity index (χ4v) is 2.04. The summed E-state index contributed by atoms with van der Waals surface area (Å²) in [4.78, 5) is 22.0. The monoisotopic (exact) mass is 296 g/mol. The lowest BCUT2D eigenvalue weighted by molar-refractivity contribution is -0.386. The first-order valence-corrected chi connectivity index (χ1v) is 6.46. The van der Waals surface area contributed by atoms with Crippen molar-refractivity contribution in [2.75, 3.05) is 7.11 Å². The van der Waals surface area contributed by atoms with E-state index >= 15 is 0 Å². The fraction of sp³-hybridized carbons (Fsp3) is 0.500. The molecule has 0 aliphatic rings. The van der Waals surface area contributed by atoms with Gasteiger partial charge in [-0.15, -0.1) is 0 Å². The van der Waals surface area contributed by atoms with Crippen LogP contribution in [-0.2, 0) is 9.53 Å². The molecule has 2 unspecified atom stereocenters. The van der Waals surface area contributed by atoms with E-state index in [4.69, 9.17) is 10.5 Å². The Kier molecular flexibility index (Phi) is 5.26. The van der Waals surface area contributed by atoms with Crippen molar-refractivity contribution in [2.45, 2.75) is 38.8 Å². The lowest BCUT2D eigenvalue weighted by Gasteiger charge is -2.25. The predicted octanol–water partition coefficient (Wildman–Crippen LogP) is 1.95. The average molecular weight is 296 g/mol. The van der Waals surface area contributed by atoms with Crippen molar-refractivity contribution in [1.82, 2.24) is 0 Å². The highest BCUT2D eigenvalue weighted by Crippen LogP contribution is 2.29. The third kappa shape index (κ3) is 4.42. The minimum Gasteiger partial charge on any atom is -0.484 e. The smallest absolute Gasteiger partial charge is 0.325 e. The van der Waals surface area contributed by atoms with Gasteiger partial charge in [0.05, 0.1) is 18.1 Å². The maximum atomic E-state index is 11.5. The summed E-state index contributed by atoms with van der Waals surface area (Å²) in [5, 5.41) is 11.0. The van der Waals surface area contributed by atoms with Crippen LogP contribution in [0.4, 0.5) is 5.69 Å². The molecule has 0 fully saturated rings. The molecular formula is C14H20N2O5. The molecule has 0 saturated carbocycles. The van der Waals surface area contributed by atoms with E-state index in [-0.39, 0.29) is 17.9 Å². The summed E-state index contributed by atoms with van der Waals surface area (Å²) in [5.74, 6) is -0.398. The summed E-state index contributed by atoms with van der Waals surface area (Å²) in [6, 6.07) is 4.61. The molecule has 0 bridgehead atoms. The summed E-state index contributed by atoms with van der Waals surface area (Å²) < 4.78 is 10.2. The SMILES string of the molecule is COC(=O)C(C)(N)CC(C)Oc1cc(C)ccc1[N+](=O)[O-]. The van der Waals surface area contributed by atoms with E-state index in [1.807, 2.05) is 6.92 Å². The minimum atomic E-state index is -1.22. The summed E-state index contributed by atoms with van der Waals surface area (Å²) in [6.07, 6.45) is -0.315. The number of ether oxygens (including phenoxy) is 2. The van der Waals surface area contributed by atoms with Crippen LogP contribution in [0.2, 0.25) is 0 Å². The molecule has 2 N–H and O–H groups in total. The second kappa shape index (κ2) is 6.53. The molecule has 0 radical (unpaired) electrons. The number of carbonyl (C=O) groups excluding carboxylic acids is 1. The van der Waals surface area contributed by atoms with Crippen LogP contribution in [0.15, 0.2) is 18.2 Å². The van der Waals surface area contributed by atoms with E-state index in [9.17, 15) is 14.9 Å².